The summed E-state index contributed by atoms with van der Waals surface area (Å²) in [5.41, 5.74) is 0. The molecule has 0 aliphatic rings. The molecule has 90 valence electrons. The molecule has 0 amide bonds. The van der Waals surface area contributed by atoms with Crippen molar-refractivity contribution in [1.82, 2.24) is 0 Å². The van der Waals surface area contributed by atoms with Gasteiger partial charge in [-0.1, -0.05) is 20.8 Å². The fourth-order valence-electron chi connectivity index (χ4n) is 1.04. The van der Waals surface area contributed by atoms with Gasteiger partial charge in [0.15, 0.2) is 8.32 Å². The number of rotatable bonds is 4. The number of carbonyl (C=O) groups excluding carboxylic acids is 1. The van der Waals surface area contributed by atoms with Gasteiger partial charge in [0.05, 0.1) is 19.6 Å². The zero-order valence-corrected chi connectivity index (χ0v) is 12.0. The smallest absolute Gasteiger partial charge is 0.308 e. The monoisotopic (exact) mass is 232 g/mol. The van der Waals surface area contributed by atoms with Crippen molar-refractivity contribution in [3.05, 3.63) is 0 Å². The summed E-state index contributed by atoms with van der Waals surface area (Å²) >= 11 is 0. The molecule has 0 bridgehead atoms. The molecular formula is C11H24O3Si. The Morgan fingerprint density at radius 2 is 1.80 bits per heavy atom. The molecular weight excluding hydrogens is 208 g/mol. The zero-order chi connectivity index (χ0) is 12.3. The Bertz CT molecular complexity index is 218. The Morgan fingerprint density at radius 3 is 2.13 bits per heavy atom. The molecule has 0 saturated carbocycles. The summed E-state index contributed by atoms with van der Waals surface area (Å²) in [6.45, 7) is 12.8. The molecule has 0 aliphatic heterocycles. The van der Waals surface area contributed by atoms with Crippen LogP contribution in [0.1, 0.15) is 34.1 Å². The summed E-state index contributed by atoms with van der Waals surface area (Å²) in [5.74, 6) is -0.207. The normalized spacial score (nSPS) is 14.9. The third-order valence-corrected chi connectivity index (χ3v) is 7.59. The lowest BCUT2D eigenvalue weighted by Crippen LogP contribution is -2.43. The van der Waals surface area contributed by atoms with Gasteiger partial charge < -0.3 is 9.16 Å². The predicted octanol–water partition coefficient (Wildman–Crippen LogP) is 2.96. The van der Waals surface area contributed by atoms with Crippen molar-refractivity contribution in [1.29, 1.82) is 0 Å². The van der Waals surface area contributed by atoms with Crippen molar-refractivity contribution < 1.29 is 14.0 Å². The highest BCUT2D eigenvalue weighted by Crippen LogP contribution is 2.37. The SMILES string of the molecule is COC(=O)CC(C)O[Si](C)(C)C(C)(C)C. The topological polar surface area (TPSA) is 35.5 Å². The van der Waals surface area contributed by atoms with Gasteiger partial charge in [-0.2, -0.15) is 0 Å². The molecule has 0 aromatic heterocycles. The average molecular weight is 232 g/mol. The van der Waals surface area contributed by atoms with E-state index in [4.69, 9.17) is 4.43 Å². The lowest BCUT2D eigenvalue weighted by Gasteiger charge is -2.38. The number of methoxy groups -OCH3 is 1. The van der Waals surface area contributed by atoms with E-state index < -0.39 is 8.32 Å². The fraction of sp³-hybridized carbons (Fsp3) is 0.909. The van der Waals surface area contributed by atoms with E-state index in [1.807, 2.05) is 6.92 Å². The van der Waals surface area contributed by atoms with Gasteiger partial charge in [0.1, 0.15) is 0 Å². The van der Waals surface area contributed by atoms with Gasteiger partial charge in [-0.15, -0.1) is 0 Å². The summed E-state index contributed by atoms with van der Waals surface area (Å²) in [6.07, 6.45) is 0.279. The van der Waals surface area contributed by atoms with Crippen LogP contribution in [0.15, 0.2) is 0 Å². The largest absolute Gasteiger partial charge is 0.469 e. The molecule has 0 aromatic rings. The number of ether oxygens (including phenoxy) is 1. The van der Waals surface area contributed by atoms with E-state index in [9.17, 15) is 4.79 Å². The maximum atomic E-state index is 11.1. The molecule has 0 saturated heterocycles. The van der Waals surface area contributed by atoms with Crippen molar-refractivity contribution in [2.24, 2.45) is 0 Å². The predicted molar refractivity (Wildman–Crippen MR) is 64.4 cm³/mol. The second kappa shape index (κ2) is 5.12. The van der Waals surface area contributed by atoms with Crippen molar-refractivity contribution >= 4 is 14.3 Å². The molecule has 3 nitrogen and oxygen atoms in total. The van der Waals surface area contributed by atoms with Crippen molar-refractivity contribution in [3.63, 3.8) is 0 Å². The van der Waals surface area contributed by atoms with Gasteiger partial charge in [-0.05, 0) is 25.1 Å². The van der Waals surface area contributed by atoms with Crippen molar-refractivity contribution in [3.8, 4) is 0 Å². The van der Waals surface area contributed by atoms with Gasteiger partial charge in [-0.3, -0.25) is 4.79 Å². The van der Waals surface area contributed by atoms with E-state index in [-0.39, 0.29) is 17.1 Å². The highest BCUT2D eigenvalue weighted by atomic mass is 28.4. The quantitative estimate of drug-likeness (QED) is 0.552. The molecule has 1 atom stereocenters. The van der Waals surface area contributed by atoms with Crippen LogP contribution in [0, 0.1) is 0 Å². The second-order valence-corrected chi connectivity index (χ2v) is 10.2. The lowest BCUT2D eigenvalue weighted by molar-refractivity contribution is -0.142. The van der Waals surface area contributed by atoms with E-state index in [0.717, 1.165) is 0 Å². The molecule has 1 unspecified atom stereocenters. The minimum absolute atomic E-state index is 0.0571. The maximum Gasteiger partial charge on any atom is 0.308 e. The molecule has 0 spiro atoms. The summed E-state index contributed by atoms with van der Waals surface area (Å²) in [5, 5.41) is 0.178. The van der Waals surface area contributed by atoms with Crippen LogP contribution in [-0.2, 0) is 14.0 Å². The van der Waals surface area contributed by atoms with Gasteiger partial charge in [-0.25, -0.2) is 0 Å². The first-order valence-corrected chi connectivity index (χ1v) is 8.25. The summed E-state index contributed by atoms with van der Waals surface area (Å²) in [6, 6.07) is 0. The minimum atomic E-state index is -1.76. The van der Waals surface area contributed by atoms with Crippen LogP contribution in [0.3, 0.4) is 0 Å². The maximum absolute atomic E-state index is 11.1. The van der Waals surface area contributed by atoms with Crippen LogP contribution < -0.4 is 0 Å². The average Bonchev–Trinajstić information content (AvgIpc) is 2.00. The lowest BCUT2D eigenvalue weighted by atomic mass is 10.2. The van der Waals surface area contributed by atoms with Crippen LogP contribution in [0.4, 0.5) is 0 Å². The standard InChI is InChI=1S/C11H24O3Si/c1-9(8-10(12)13-5)14-15(6,7)11(2,3)4/h9H,8H2,1-7H3. The van der Waals surface area contributed by atoms with Crippen LogP contribution in [0.25, 0.3) is 0 Å². The Balaban J connectivity index is 4.28. The highest BCUT2D eigenvalue weighted by molar-refractivity contribution is 6.74. The first-order valence-electron chi connectivity index (χ1n) is 5.35. The van der Waals surface area contributed by atoms with Crippen molar-refractivity contribution in [2.45, 2.75) is 58.4 Å². The molecule has 15 heavy (non-hydrogen) atoms. The number of hydrogen-bond acceptors (Lipinski definition) is 3. The van der Waals surface area contributed by atoms with E-state index in [2.05, 4.69) is 38.6 Å². The van der Waals surface area contributed by atoms with Crippen LogP contribution in [-0.4, -0.2) is 27.5 Å². The third kappa shape index (κ3) is 4.80. The van der Waals surface area contributed by atoms with E-state index >= 15 is 0 Å². The first kappa shape index (κ1) is 14.6. The zero-order valence-electron chi connectivity index (χ0n) is 11.0. The molecule has 0 fully saturated rings. The van der Waals surface area contributed by atoms with Crippen LogP contribution in [0.5, 0.6) is 0 Å². The van der Waals surface area contributed by atoms with Gasteiger partial charge >= 0.3 is 5.97 Å². The number of carbonyl (C=O) groups is 1. The Kier molecular flexibility index (Phi) is 5.00. The Morgan fingerprint density at radius 1 is 1.33 bits per heavy atom. The Labute approximate surface area is 94.3 Å². The minimum Gasteiger partial charge on any atom is -0.469 e. The third-order valence-electron chi connectivity index (χ3n) is 2.98. The molecule has 4 heteroatoms. The summed E-state index contributed by atoms with van der Waals surface area (Å²) < 4.78 is 10.6. The molecule has 0 rings (SSSR count). The van der Waals surface area contributed by atoms with Crippen molar-refractivity contribution in [2.75, 3.05) is 7.11 Å². The molecule has 0 radical (unpaired) electrons. The summed E-state index contributed by atoms with van der Waals surface area (Å²) in [7, 11) is -0.351. The number of hydrogen-bond donors (Lipinski definition) is 0. The molecule has 0 aliphatic carbocycles. The molecule has 0 heterocycles. The van der Waals surface area contributed by atoms with Gasteiger partial charge in [0.2, 0.25) is 0 Å². The molecule has 0 N–H and O–H groups in total. The summed E-state index contributed by atoms with van der Waals surface area (Å²) in [4.78, 5) is 11.1. The first-order chi connectivity index (χ1) is 6.60. The molecule has 0 aromatic carbocycles. The fourth-order valence-corrected chi connectivity index (χ4v) is 2.48. The van der Waals surface area contributed by atoms with Gasteiger partial charge in [0, 0.05) is 0 Å². The van der Waals surface area contributed by atoms with E-state index in [1.165, 1.54) is 7.11 Å². The highest BCUT2D eigenvalue weighted by Gasteiger charge is 2.38. The van der Waals surface area contributed by atoms with Gasteiger partial charge in [0.25, 0.3) is 0 Å². The van der Waals surface area contributed by atoms with E-state index in [0.29, 0.717) is 6.42 Å². The second-order valence-electron chi connectivity index (χ2n) is 5.47. The van der Waals surface area contributed by atoms with Crippen LogP contribution in [0.2, 0.25) is 18.1 Å². The van der Waals surface area contributed by atoms with Crippen LogP contribution >= 0.6 is 0 Å². The van der Waals surface area contributed by atoms with E-state index in [1.54, 1.807) is 0 Å². The Hall–Kier alpha value is -0.353. The number of esters is 1.